The molecule has 0 atom stereocenters. The van der Waals surface area contributed by atoms with Gasteiger partial charge in [0.2, 0.25) is 5.88 Å². The summed E-state index contributed by atoms with van der Waals surface area (Å²) in [7, 11) is 2.05. The lowest BCUT2D eigenvalue weighted by atomic mass is 10.1. The number of hydrogen-bond acceptors (Lipinski definition) is 5. The lowest BCUT2D eigenvalue weighted by molar-refractivity contribution is 0.311. The van der Waals surface area contributed by atoms with Crippen molar-refractivity contribution in [2.45, 2.75) is 0 Å². The predicted octanol–water partition coefficient (Wildman–Crippen LogP) is 1.75. The largest absolute Gasteiger partial charge is 0.490 e. The van der Waals surface area contributed by atoms with Gasteiger partial charge in [-0.25, -0.2) is 0 Å². The van der Waals surface area contributed by atoms with Crippen LogP contribution in [0.25, 0.3) is 11.1 Å². The molecule has 0 amide bonds. The Morgan fingerprint density at radius 2 is 2.29 bits per heavy atom. The third-order valence-corrected chi connectivity index (χ3v) is 2.96. The van der Waals surface area contributed by atoms with Crippen molar-refractivity contribution in [1.29, 1.82) is 0 Å². The Hall–Kier alpha value is -2.17. The fraction of sp³-hybridized carbons (Fsp3) is 0.250. The van der Waals surface area contributed by atoms with Crippen LogP contribution < -0.4 is 15.4 Å². The molecule has 17 heavy (non-hydrogen) atoms. The average Bonchev–Trinajstić information content (AvgIpc) is 2.75. The van der Waals surface area contributed by atoms with Gasteiger partial charge in [-0.3, -0.25) is 0 Å². The van der Waals surface area contributed by atoms with Gasteiger partial charge in [-0.2, -0.15) is 0 Å². The molecular formula is C12H13N3O2. The first-order chi connectivity index (χ1) is 8.25. The molecule has 0 unspecified atom stereocenters. The molecule has 1 aliphatic heterocycles. The van der Waals surface area contributed by atoms with E-state index < -0.39 is 0 Å². The summed E-state index contributed by atoms with van der Waals surface area (Å²) in [5.41, 5.74) is 8.54. The van der Waals surface area contributed by atoms with Gasteiger partial charge in [-0.05, 0) is 17.7 Å². The summed E-state index contributed by atoms with van der Waals surface area (Å²) in [5.74, 6) is 1.20. The quantitative estimate of drug-likeness (QED) is 0.810. The highest BCUT2D eigenvalue weighted by molar-refractivity contribution is 5.76. The summed E-state index contributed by atoms with van der Waals surface area (Å²) >= 11 is 0. The van der Waals surface area contributed by atoms with Gasteiger partial charge in [0, 0.05) is 7.05 Å². The number of rotatable bonds is 1. The fourth-order valence-corrected chi connectivity index (χ4v) is 1.99. The number of benzene rings is 1. The molecule has 1 aliphatic rings. The van der Waals surface area contributed by atoms with Crippen LogP contribution in [0, 0.1) is 0 Å². The molecule has 0 bridgehead atoms. The van der Waals surface area contributed by atoms with Gasteiger partial charge < -0.3 is 19.9 Å². The third-order valence-electron chi connectivity index (χ3n) is 2.96. The summed E-state index contributed by atoms with van der Waals surface area (Å²) in [4.78, 5) is 2.17. The molecule has 5 heteroatoms. The van der Waals surface area contributed by atoms with Crippen LogP contribution in [0.5, 0.6) is 5.75 Å². The first-order valence-electron chi connectivity index (χ1n) is 5.44. The van der Waals surface area contributed by atoms with Crippen molar-refractivity contribution in [3.05, 3.63) is 24.4 Å². The molecule has 2 N–H and O–H groups in total. The minimum absolute atomic E-state index is 0.328. The van der Waals surface area contributed by atoms with E-state index in [9.17, 15) is 0 Å². The molecule has 2 aromatic rings. The Kier molecular flexibility index (Phi) is 2.18. The molecule has 1 aromatic carbocycles. The molecule has 0 saturated carbocycles. The second-order valence-corrected chi connectivity index (χ2v) is 4.06. The molecule has 88 valence electrons. The van der Waals surface area contributed by atoms with E-state index in [0.29, 0.717) is 12.5 Å². The van der Waals surface area contributed by atoms with Gasteiger partial charge in [0.05, 0.1) is 24.0 Å². The molecule has 0 spiro atoms. The number of nitrogen functional groups attached to an aromatic ring is 1. The van der Waals surface area contributed by atoms with E-state index in [0.717, 1.165) is 29.1 Å². The molecule has 3 rings (SSSR count). The molecule has 0 fully saturated rings. The van der Waals surface area contributed by atoms with Gasteiger partial charge in [0.25, 0.3) is 0 Å². The van der Waals surface area contributed by atoms with E-state index in [4.69, 9.17) is 15.0 Å². The van der Waals surface area contributed by atoms with Gasteiger partial charge in [0.1, 0.15) is 12.4 Å². The van der Waals surface area contributed by atoms with E-state index in [1.54, 1.807) is 6.20 Å². The second kappa shape index (κ2) is 3.69. The van der Waals surface area contributed by atoms with Gasteiger partial charge >= 0.3 is 0 Å². The van der Waals surface area contributed by atoms with Crippen LogP contribution in [0.3, 0.4) is 0 Å². The van der Waals surface area contributed by atoms with E-state index in [1.165, 1.54) is 0 Å². The van der Waals surface area contributed by atoms with E-state index in [1.807, 2.05) is 18.2 Å². The maximum atomic E-state index is 5.70. The Morgan fingerprint density at radius 3 is 3.06 bits per heavy atom. The summed E-state index contributed by atoms with van der Waals surface area (Å²) in [5, 5.41) is 3.67. The highest BCUT2D eigenvalue weighted by atomic mass is 16.5. The minimum atomic E-state index is 0.328. The number of aromatic nitrogens is 1. The Morgan fingerprint density at radius 1 is 1.41 bits per heavy atom. The lowest BCUT2D eigenvalue weighted by Gasteiger charge is -2.27. The molecule has 0 radical (unpaired) electrons. The average molecular weight is 231 g/mol. The molecule has 5 nitrogen and oxygen atoms in total. The standard InChI is InChI=1S/C12H13N3O2/c1-15-4-5-16-11-6-8(2-3-10(11)15)9-7-14-17-12(9)13/h2-3,6-7H,4-5,13H2,1H3. The zero-order chi connectivity index (χ0) is 11.8. The topological polar surface area (TPSA) is 64.5 Å². The lowest BCUT2D eigenvalue weighted by Crippen LogP contribution is -2.28. The van der Waals surface area contributed by atoms with Crippen LogP contribution in [-0.4, -0.2) is 25.4 Å². The first-order valence-corrected chi connectivity index (χ1v) is 5.44. The maximum Gasteiger partial charge on any atom is 0.229 e. The van der Waals surface area contributed by atoms with Crippen molar-refractivity contribution in [1.82, 2.24) is 5.16 Å². The SMILES string of the molecule is CN1CCOc2cc(-c3cnoc3N)ccc21. The van der Waals surface area contributed by atoms with Gasteiger partial charge in [-0.15, -0.1) is 0 Å². The monoisotopic (exact) mass is 231 g/mol. The number of nitrogens with two attached hydrogens (primary N) is 1. The minimum Gasteiger partial charge on any atom is -0.490 e. The summed E-state index contributed by atoms with van der Waals surface area (Å²) in [6, 6.07) is 5.98. The molecule has 2 heterocycles. The molecular weight excluding hydrogens is 218 g/mol. The number of likely N-dealkylation sites (N-methyl/N-ethyl adjacent to an activating group) is 1. The molecule has 0 saturated heterocycles. The van der Waals surface area contributed by atoms with Crippen LogP contribution >= 0.6 is 0 Å². The third kappa shape index (κ3) is 1.60. The van der Waals surface area contributed by atoms with Crippen LogP contribution in [0.2, 0.25) is 0 Å². The number of hydrogen-bond donors (Lipinski definition) is 1. The fourth-order valence-electron chi connectivity index (χ4n) is 1.99. The van der Waals surface area contributed by atoms with E-state index in [-0.39, 0.29) is 0 Å². The van der Waals surface area contributed by atoms with Crippen molar-refractivity contribution in [3.63, 3.8) is 0 Å². The van der Waals surface area contributed by atoms with Crippen molar-refractivity contribution in [2.75, 3.05) is 30.8 Å². The Balaban J connectivity index is 2.07. The van der Waals surface area contributed by atoms with Crippen molar-refractivity contribution in [2.24, 2.45) is 0 Å². The maximum absolute atomic E-state index is 5.70. The van der Waals surface area contributed by atoms with Gasteiger partial charge in [0.15, 0.2) is 0 Å². The normalized spacial score (nSPS) is 14.3. The molecule has 0 aliphatic carbocycles. The molecule has 1 aromatic heterocycles. The van der Waals surface area contributed by atoms with Crippen LogP contribution in [0.1, 0.15) is 0 Å². The number of fused-ring (bicyclic) bond motifs is 1. The van der Waals surface area contributed by atoms with Crippen molar-refractivity contribution in [3.8, 4) is 16.9 Å². The summed E-state index contributed by atoms with van der Waals surface area (Å²) < 4.78 is 10.5. The zero-order valence-corrected chi connectivity index (χ0v) is 9.51. The van der Waals surface area contributed by atoms with Gasteiger partial charge in [-0.1, -0.05) is 11.2 Å². The Bertz CT molecular complexity index is 550. The van der Waals surface area contributed by atoms with Crippen LogP contribution in [0.15, 0.2) is 28.9 Å². The number of anilines is 2. The summed E-state index contributed by atoms with van der Waals surface area (Å²) in [6.07, 6.45) is 1.61. The van der Waals surface area contributed by atoms with Crippen LogP contribution in [-0.2, 0) is 0 Å². The highest BCUT2D eigenvalue weighted by Crippen LogP contribution is 2.36. The van der Waals surface area contributed by atoms with Crippen molar-refractivity contribution >= 4 is 11.6 Å². The number of nitrogens with zero attached hydrogens (tertiary/aromatic N) is 2. The highest BCUT2D eigenvalue weighted by Gasteiger charge is 2.16. The predicted molar refractivity (Wildman–Crippen MR) is 65.1 cm³/mol. The van der Waals surface area contributed by atoms with E-state index in [2.05, 4.69) is 17.1 Å². The smallest absolute Gasteiger partial charge is 0.229 e. The number of ether oxygens (including phenoxy) is 1. The second-order valence-electron chi connectivity index (χ2n) is 4.06. The van der Waals surface area contributed by atoms with Crippen LogP contribution in [0.4, 0.5) is 11.6 Å². The Labute approximate surface area is 98.8 Å². The zero-order valence-electron chi connectivity index (χ0n) is 9.51. The van der Waals surface area contributed by atoms with Crippen molar-refractivity contribution < 1.29 is 9.26 Å². The first kappa shape index (κ1) is 10.0. The van der Waals surface area contributed by atoms with E-state index >= 15 is 0 Å². The summed E-state index contributed by atoms with van der Waals surface area (Å²) in [6.45, 7) is 1.60.